The maximum atomic E-state index is 13.0. The molecule has 0 atom stereocenters. The first kappa shape index (κ1) is 19.9. The SMILES string of the molecule is Cc1ccc(-n2nc(C(=O)Nc3cccc(Cl)c3C)nc2-c2ccccc2)c(C)c1. The lowest BCUT2D eigenvalue weighted by molar-refractivity contribution is 0.101. The van der Waals surface area contributed by atoms with Crippen molar-refractivity contribution in [1.82, 2.24) is 14.8 Å². The Kier molecular flexibility index (Phi) is 5.38. The van der Waals surface area contributed by atoms with Gasteiger partial charge in [0.05, 0.1) is 5.69 Å². The van der Waals surface area contributed by atoms with Crippen molar-refractivity contribution >= 4 is 23.2 Å². The summed E-state index contributed by atoms with van der Waals surface area (Å²) in [6, 6.07) is 21.2. The maximum absolute atomic E-state index is 13.0. The molecule has 4 aromatic rings. The first-order chi connectivity index (χ1) is 14.4. The number of hydrogen-bond acceptors (Lipinski definition) is 3. The van der Waals surface area contributed by atoms with Crippen LogP contribution in [-0.2, 0) is 0 Å². The van der Waals surface area contributed by atoms with Gasteiger partial charge in [-0.25, -0.2) is 9.67 Å². The van der Waals surface area contributed by atoms with Gasteiger partial charge in [-0.05, 0) is 50.1 Å². The Morgan fingerprint density at radius 1 is 0.967 bits per heavy atom. The molecule has 0 saturated heterocycles. The summed E-state index contributed by atoms with van der Waals surface area (Å²) < 4.78 is 1.73. The third-order valence-electron chi connectivity index (χ3n) is 4.94. The van der Waals surface area contributed by atoms with E-state index in [-0.39, 0.29) is 11.7 Å². The molecule has 1 aromatic heterocycles. The van der Waals surface area contributed by atoms with Crippen LogP contribution in [0, 0.1) is 20.8 Å². The van der Waals surface area contributed by atoms with E-state index in [1.165, 1.54) is 0 Å². The second-order valence-electron chi connectivity index (χ2n) is 7.19. The quantitative estimate of drug-likeness (QED) is 0.459. The van der Waals surface area contributed by atoms with Crippen molar-refractivity contribution in [2.75, 3.05) is 5.32 Å². The topological polar surface area (TPSA) is 59.8 Å². The molecule has 0 saturated carbocycles. The number of nitrogens with zero attached hydrogens (tertiary/aromatic N) is 3. The van der Waals surface area contributed by atoms with E-state index in [9.17, 15) is 4.79 Å². The van der Waals surface area contributed by atoms with Crippen LogP contribution in [0.4, 0.5) is 5.69 Å². The molecule has 1 N–H and O–H groups in total. The van der Waals surface area contributed by atoms with E-state index in [0.717, 1.165) is 27.9 Å². The maximum Gasteiger partial charge on any atom is 0.295 e. The molecule has 0 aliphatic rings. The first-order valence-electron chi connectivity index (χ1n) is 9.60. The lowest BCUT2D eigenvalue weighted by Gasteiger charge is -2.10. The van der Waals surface area contributed by atoms with Crippen LogP contribution in [0.5, 0.6) is 0 Å². The van der Waals surface area contributed by atoms with E-state index in [4.69, 9.17) is 11.6 Å². The van der Waals surface area contributed by atoms with Gasteiger partial charge in [0.15, 0.2) is 5.82 Å². The molecule has 0 fully saturated rings. The molecule has 6 heteroatoms. The highest BCUT2D eigenvalue weighted by atomic mass is 35.5. The number of nitrogens with one attached hydrogen (secondary N) is 1. The summed E-state index contributed by atoms with van der Waals surface area (Å²) in [5.41, 5.74) is 5.40. The number of carbonyl (C=O) groups excluding carboxylic acids is 1. The van der Waals surface area contributed by atoms with Crippen LogP contribution < -0.4 is 5.32 Å². The largest absolute Gasteiger partial charge is 0.319 e. The lowest BCUT2D eigenvalue weighted by atomic mass is 10.1. The fourth-order valence-corrected chi connectivity index (χ4v) is 3.49. The van der Waals surface area contributed by atoms with E-state index in [2.05, 4.69) is 21.5 Å². The zero-order chi connectivity index (χ0) is 21.3. The highest BCUT2D eigenvalue weighted by Crippen LogP contribution is 2.26. The summed E-state index contributed by atoms with van der Waals surface area (Å²) in [7, 11) is 0. The second-order valence-corrected chi connectivity index (χ2v) is 7.60. The molecule has 150 valence electrons. The van der Waals surface area contributed by atoms with Crippen LogP contribution in [-0.4, -0.2) is 20.7 Å². The van der Waals surface area contributed by atoms with Crippen molar-refractivity contribution in [2.45, 2.75) is 20.8 Å². The number of hydrogen-bond donors (Lipinski definition) is 1. The summed E-state index contributed by atoms with van der Waals surface area (Å²) in [5, 5.41) is 8.02. The molecule has 30 heavy (non-hydrogen) atoms. The standard InChI is InChI=1S/C24H21ClN4O/c1-15-12-13-21(16(2)14-15)29-23(18-8-5-4-6-9-18)27-22(28-29)24(30)26-20-11-7-10-19(25)17(20)3/h4-14H,1-3H3,(H,26,30). The van der Waals surface area contributed by atoms with E-state index in [0.29, 0.717) is 16.5 Å². The molecule has 5 nitrogen and oxygen atoms in total. The Balaban J connectivity index is 1.79. The van der Waals surface area contributed by atoms with Gasteiger partial charge < -0.3 is 5.32 Å². The number of benzene rings is 3. The van der Waals surface area contributed by atoms with Gasteiger partial charge in [0.1, 0.15) is 0 Å². The molecule has 0 aliphatic carbocycles. The third kappa shape index (κ3) is 3.84. The molecule has 1 amide bonds. The normalized spacial score (nSPS) is 10.8. The zero-order valence-electron chi connectivity index (χ0n) is 17.0. The molecule has 3 aromatic carbocycles. The monoisotopic (exact) mass is 416 g/mol. The van der Waals surface area contributed by atoms with Crippen molar-refractivity contribution in [2.24, 2.45) is 0 Å². The van der Waals surface area contributed by atoms with Gasteiger partial charge in [0.25, 0.3) is 5.91 Å². The molecule has 0 bridgehead atoms. The number of aryl methyl sites for hydroxylation is 2. The number of rotatable bonds is 4. The molecule has 1 heterocycles. The molecular weight excluding hydrogens is 396 g/mol. The minimum atomic E-state index is -0.388. The van der Waals surface area contributed by atoms with Gasteiger partial charge in [0, 0.05) is 16.3 Å². The highest BCUT2D eigenvalue weighted by molar-refractivity contribution is 6.31. The average molecular weight is 417 g/mol. The number of anilines is 1. The Hall–Kier alpha value is -3.44. The summed E-state index contributed by atoms with van der Waals surface area (Å²) in [6.45, 7) is 5.92. The number of amides is 1. The minimum Gasteiger partial charge on any atom is -0.319 e. The fourth-order valence-electron chi connectivity index (χ4n) is 3.31. The highest BCUT2D eigenvalue weighted by Gasteiger charge is 2.20. The van der Waals surface area contributed by atoms with Gasteiger partial charge in [-0.2, -0.15) is 0 Å². The van der Waals surface area contributed by atoms with E-state index in [1.807, 2.05) is 63.2 Å². The van der Waals surface area contributed by atoms with Gasteiger partial charge in [-0.1, -0.05) is 65.7 Å². The van der Waals surface area contributed by atoms with Crippen LogP contribution in [0.3, 0.4) is 0 Å². The molecule has 0 aliphatic heterocycles. The Labute approximate surface area is 180 Å². The zero-order valence-corrected chi connectivity index (χ0v) is 17.7. The Morgan fingerprint density at radius 3 is 2.47 bits per heavy atom. The van der Waals surface area contributed by atoms with Gasteiger partial charge >= 0.3 is 0 Å². The molecular formula is C24H21ClN4O. The summed E-state index contributed by atoms with van der Waals surface area (Å²) in [6.07, 6.45) is 0. The van der Waals surface area contributed by atoms with Gasteiger partial charge in [-0.15, -0.1) is 5.10 Å². The average Bonchev–Trinajstić information content (AvgIpc) is 3.17. The number of aromatic nitrogens is 3. The van der Waals surface area contributed by atoms with Crippen molar-refractivity contribution in [1.29, 1.82) is 0 Å². The number of carbonyl (C=O) groups is 1. The van der Waals surface area contributed by atoms with Crippen LogP contribution in [0.2, 0.25) is 5.02 Å². The van der Waals surface area contributed by atoms with E-state index < -0.39 is 0 Å². The summed E-state index contributed by atoms with van der Waals surface area (Å²) in [5.74, 6) is 0.310. The van der Waals surface area contributed by atoms with Gasteiger partial charge in [0.2, 0.25) is 5.82 Å². The minimum absolute atomic E-state index is 0.0909. The predicted molar refractivity (Wildman–Crippen MR) is 120 cm³/mol. The smallest absolute Gasteiger partial charge is 0.295 e. The van der Waals surface area contributed by atoms with Crippen LogP contribution in [0.1, 0.15) is 27.3 Å². The summed E-state index contributed by atoms with van der Waals surface area (Å²) in [4.78, 5) is 17.5. The predicted octanol–water partition coefficient (Wildman–Crippen LogP) is 5.77. The van der Waals surface area contributed by atoms with Crippen molar-refractivity contribution in [3.05, 3.63) is 94.3 Å². The lowest BCUT2D eigenvalue weighted by Crippen LogP contribution is -2.15. The molecule has 0 spiro atoms. The van der Waals surface area contributed by atoms with Crippen LogP contribution in [0.25, 0.3) is 17.1 Å². The van der Waals surface area contributed by atoms with E-state index >= 15 is 0 Å². The summed E-state index contributed by atoms with van der Waals surface area (Å²) >= 11 is 6.18. The van der Waals surface area contributed by atoms with E-state index in [1.54, 1.807) is 22.9 Å². The number of halogens is 1. The van der Waals surface area contributed by atoms with Crippen molar-refractivity contribution in [3.8, 4) is 17.1 Å². The van der Waals surface area contributed by atoms with Crippen LogP contribution >= 0.6 is 11.6 Å². The molecule has 0 radical (unpaired) electrons. The van der Waals surface area contributed by atoms with Crippen LogP contribution in [0.15, 0.2) is 66.7 Å². The molecule has 4 rings (SSSR count). The Morgan fingerprint density at radius 2 is 1.73 bits per heavy atom. The fraction of sp³-hybridized carbons (Fsp3) is 0.125. The van der Waals surface area contributed by atoms with Crippen molar-refractivity contribution in [3.63, 3.8) is 0 Å². The Bertz CT molecular complexity index is 1230. The van der Waals surface area contributed by atoms with Crippen molar-refractivity contribution < 1.29 is 4.79 Å². The molecule has 0 unspecified atom stereocenters. The first-order valence-corrected chi connectivity index (χ1v) is 9.98. The third-order valence-corrected chi connectivity index (χ3v) is 5.35. The van der Waals surface area contributed by atoms with Gasteiger partial charge in [-0.3, -0.25) is 4.79 Å². The second kappa shape index (κ2) is 8.13.